The molecule has 1 aliphatic heterocycles. The van der Waals surface area contributed by atoms with E-state index in [1.165, 1.54) is 6.42 Å². The molecule has 23 heavy (non-hydrogen) atoms. The lowest BCUT2D eigenvalue weighted by Gasteiger charge is -2.42. The van der Waals surface area contributed by atoms with Gasteiger partial charge in [0.2, 0.25) is 10.0 Å². The van der Waals surface area contributed by atoms with E-state index in [-0.39, 0.29) is 10.9 Å². The van der Waals surface area contributed by atoms with Crippen LogP contribution in [0.3, 0.4) is 0 Å². The number of rotatable bonds is 4. The molecule has 0 spiro atoms. The van der Waals surface area contributed by atoms with Crippen LogP contribution in [0.5, 0.6) is 0 Å². The smallest absolute Gasteiger partial charge is 0.240 e. The van der Waals surface area contributed by atoms with Crippen LogP contribution >= 0.6 is 11.6 Å². The highest BCUT2D eigenvalue weighted by Gasteiger charge is 2.33. The minimum atomic E-state index is -3.50. The molecule has 1 aromatic carbocycles. The molecule has 2 aliphatic rings. The van der Waals surface area contributed by atoms with Crippen molar-refractivity contribution < 1.29 is 8.42 Å². The number of nitrogens with zero attached hydrogens (tertiary/aromatic N) is 1. The quantitative estimate of drug-likeness (QED) is 0.863. The maximum absolute atomic E-state index is 12.7. The van der Waals surface area contributed by atoms with Crippen molar-refractivity contribution in [2.45, 2.75) is 42.7 Å². The fourth-order valence-electron chi connectivity index (χ4n) is 3.58. The molecule has 1 saturated carbocycles. The summed E-state index contributed by atoms with van der Waals surface area (Å²) in [5.41, 5.74) is 0. The van der Waals surface area contributed by atoms with E-state index in [0.717, 1.165) is 45.4 Å². The Morgan fingerprint density at radius 1 is 1.09 bits per heavy atom. The first-order valence-electron chi connectivity index (χ1n) is 8.29. The minimum Gasteiger partial charge on any atom is -0.314 e. The maximum Gasteiger partial charge on any atom is 0.240 e. The average Bonchev–Trinajstić information content (AvgIpc) is 2.56. The Labute approximate surface area is 143 Å². The first-order valence-corrected chi connectivity index (χ1v) is 10.1. The molecule has 1 saturated heterocycles. The zero-order valence-electron chi connectivity index (χ0n) is 13.2. The topological polar surface area (TPSA) is 61.4 Å². The van der Waals surface area contributed by atoms with Gasteiger partial charge in [0.05, 0.1) is 4.90 Å². The van der Waals surface area contributed by atoms with Crippen molar-refractivity contribution in [3.8, 4) is 0 Å². The lowest BCUT2D eigenvalue weighted by molar-refractivity contribution is 0.116. The van der Waals surface area contributed by atoms with E-state index in [0.29, 0.717) is 11.1 Å². The van der Waals surface area contributed by atoms with Gasteiger partial charge in [0.1, 0.15) is 0 Å². The van der Waals surface area contributed by atoms with Crippen LogP contribution < -0.4 is 10.0 Å². The average molecular weight is 358 g/mol. The van der Waals surface area contributed by atoms with Crippen LogP contribution in [0.15, 0.2) is 29.2 Å². The van der Waals surface area contributed by atoms with Crippen molar-refractivity contribution in [1.29, 1.82) is 0 Å². The van der Waals surface area contributed by atoms with Gasteiger partial charge in [-0.3, -0.25) is 4.90 Å². The molecule has 0 radical (unpaired) electrons. The molecule has 3 rings (SSSR count). The van der Waals surface area contributed by atoms with Crippen molar-refractivity contribution in [3.05, 3.63) is 29.3 Å². The van der Waals surface area contributed by atoms with E-state index in [2.05, 4.69) is 14.9 Å². The van der Waals surface area contributed by atoms with Gasteiger partial charge in [0, 0.05) is 43.3 Å². The summed E-state index contributed by atoms with van der Waals surface area (Å²) in [6, 6.07) is 6.64. The summed E-state index contributed by atoms with van der Waals surface area (Å²) in [6.45, 7) is 3.94. The molecule has 1 heterocycles. The Kier molecular flexibility index (Phi) is 5.59. The molecular formula is C16H24ClN3O2S. The summed E-state index contributed by atoms with van der Waals surface area (Å²) in [4.78, 5) is 2.72. The molecule has 2 atom stereocenters. The van der Waals surface area contributed by atoms with Gasteiger partial charge in [0.15, 0.2) is 0 Å². The molecular weight excluding hydrogens is 334 g/mol. The molecule has 2 fully saturated rings. The first-order chi connectivity index (χ1) is 11.1. The Morgan fingerprint density at radius 3 is 2.43 bits per heavy atom. The summed E-state index contributed by atoms with van der Waals surface area (Å²) in [5, 5.41) is 3.90. The lowest BCUT2D eigenvalue weighted by atomic mass is 9.89. The normalized spacial score (nSPS) is 27.0. The Morgan fingerprint density at radius 2 is 1.74 bits per heavy atom. The zero-order valence-corrected chi connectivity index (χ0v) is 14.7. The number of hydrogen-bond donors (Lipinski definition) is 2. The van der Waals surface area contributed by atoms with Crippen LogP contribution in [0.1, 0.15) is 25.7 Å². The molecule has 1 aromatic rings. The lowest BCUT2D eigenvalue weighted by Crippen LogP contribution is -2.57. The number of piperazine rings is 1. The maximum atomic E-state index is 12.7. The standard InChI is InChI=1S/C16H24ClN3O2S/c17-13-5-7-14(8-6-13)23(21,22)19-15-3-1-2-4-16(15)20-11-9-18-10-12-20/h5-8,15-16,18-19H,1-4,9-12H2. The number of hydrogen-bond acceptors (Lipinski definition) is 4. The molecule has 0 bridgehead atoms. The van der Waals surface area contributed by atoms with Crippen LogP contribution in [0.2, 0.25) is 5.02 Å². The van der Waals surface area contributed by atoms with Gasteiger partial charge in [-0.15, -0.1) is 0 Å². The first kappa shape index (κ1) is 17.2. The predicted molar refractivity (Wildman–Crippen MR) is 92.3 cm³/mol. The summed E-state index contributed by atoms with van der Waals surface area (Å²) >= 11 is 5.85. The second kappa shape index (κ2) is 7.49. The summed E-state index contributed by atoms with van der Waals surface area (Å²) in [7, 11) is -3.50. The molecule has 128 valence electrons. The van der Waals surface area contributed by atoms with Crippen LogP contribution in [0.25, 0.3) is 0 Å². The van der Waals surface area contributed by atoms with Gasteiger partial charge in [-0.2, -0.15) is 0 Å². The van der Waals surface area contributed by atoms with Gasteiger partial charge in [-0.1, -0.05) is 24.4 Å². The number of benzene rings is 1. The van der Waals surface area contributed by atoms with Gasteiger partial charge in [-0.05, 0) is 37.1 Å². The summed E-state index contributed by atoms with van der Waals surface area (Å²) in [6.07, 6.45) is 4.22. The van der Waals surface area contributed by atoms with Crippen molar-refractivity contribution in [2.24, 2.45) is 0 Å². The Hall–Kier alpha value is -0.660. The summed E-state index contributed by atoms with van der Waals surface area (Å²) < 4.78 is 28.3. The number of sulfonamides is 1. The third kappa shape index (κ3) is 4.25. The van der Waals surface area contributed by atoms with Crippen molar-refractivity contribution >= 4 is 21.6 Å². The minimum absolute atomic E-state index is 0.0115. The molecule has 5 nitrogen and oxygen atoms in total. The van der Waals surface area contributed by atoms with E-state index in [1.807, 2.05) is 0 Å². The highest BCUT2D eigenvalue weighted by molar-refractivity contribution is 7.89. The summed E-state index contributed by atoms with van der Waals surface area (Å²) in [5.74, 6) is 0. The van der Waals surface area contributed by atoms with Crippen molar-refractivity contribution in [1.82, 2.24) is 14.9 Å². The van der Waals surface area contributed by atoms with Gasteiger partial charge in [0.25, 0.3) is 0 Å². The fourth-order valence-corrected chi connectivity index (χ4v) is 5.01. The van der Waals surface area contributed by atoms with E-state index in [4.69, 9.17) is 11.6 Å². The van der Waals surface area contributed by atoms with Gasteiger partial charge < -0.3 is 5.32 Å². The third-order valence-corrected chi connectivity index (χ3v) is 6.54. The molecule has 0 aromatic heterocycles. The van der Waals surface area contributed by atoms with Crippen molar-refractivity contribution in [3.63, 3.8) is 0 Å². The number of halogens is 1. The molecule has 7 heteroatoms. The molecule has 1 aliphatic carbocycles. The predicted octanol–water partition coefficient (Wildman–Crippen LogP) is 1.83. The molecule has 2 N–H and O–H groups in total. The molecule has 2 unspecified atom stereocenters. The van der Waals surface area contributed by atoms with Crippen LogP contribution in [-0.2, 0) is 10.0 Å². The largest absolute Gasteiger partial charge is 0.314 e. The zero-order chi connectivity index (χ0) is 16.3. The second-order valence-corrected chi connectivity index (χ2v) is 8.47. The Balaban J connectivity index is 1.74. The van der Waals surface area contributed by atoms with E-state index < -0.39 is 10.0 Å². The second-order valence-electron chi connectivity index (χ2n) is 6.32. The molecule has 0 amide bonds. The SMILES string of the molecule is O=S(=O)(NC1CCCCC1N1CCNCC1)c1ccc(Cl)cc1. The highest BCUT2D eigenvalue weighted by atomic mass is 35.5. The monoisotopic (exact) mass is 357 g/mol. The fraction of sp³-hybridized carbons (Fsp3) is 0.625. The third-order valence-electron chi connectivity index (χ3n) is 4.78. The van der Waals surface area contributed by atoms with Gasteiger partial charge in [-0.25, -0.2) is 13.1 Å². The van der Waals surface area contributed by atoms with Crippen LogP contribution in [0, 0.1) is 0 Å². The van der Waals surface area contributed by atoms with E-state index >= 15 is 0 Å². The van der Waals surface area contributed by atoms with Crippen LogP contribution in [-0.4, -0.2) is 51.6 Å². The van der Waals surface area contributed by atoms with Crippen LogP contribution in [0.4, 0.5) is 0 Å². The van der Waals surface area contributed by atoms with Crippen molar-refractivity contribution in [2.75, 3.05) is 26.2 Å². The van der Waals surface area contributed by atoms with E-state index in [1.54, 1.807) is 24.3 Å². The highest BCUT2D eigenvalue weighted by Crippen LogP contribution is 2.25. The number of nitrogens with one attached hydrogen (secondary N) is 2. The van der Waals surface area contributed by atoms with Gasteiger partial charge >= 0.3 is 0 Å². The van der Waals surface area contributed by atoms with E-state index in [9.17, 15) is 8.42 Å². The Bertz CT molecular complexity index is 615.